The molecular weight excluding hydrogens is 144 g/mol. The van der Waals surface area contributed by atoms with Crippen LogP contribution in [0.1, 0.15) is 0 Å². The highest BCUT2D eigenvalue weighted by atomic mass is 16.1. The van der Waals surface area contributed by atoms with E-state index in [1.165, 1.54) is 18.7 Å². The topological polar surface area (TPSA) is 71.5 Å². The Hall–Kier alpha value is -1.78. The fourth-order valence-corrected chi connectivity index (χ4v) is 0.812. The molecule has 0 amide bonds. The van der Waals surface area contributed by atoms with Gasteiger partial charge < -0.3 is 4.98 Å². The van der Waals surface area contributed by atoms with Crippen LogP contribution in [-0.4, -0.2) is 19.9 Å². The van der Waals surface area contributed by atoms with Crippen LogP contribution in [-0.2, 0) is 0 Å². The summed E-state index contributed by atoms with van der Waals surface area (Å²) in [6.07, 6.45) is 4.20. The standard InChI is InChI=1S/C6H4N4O/c11-6-4-5(10-3-9-4)7-1-2-8-6/h1-3H,(H,9,10). The molecule has 2 aromatic rings. The third-order valence-corrected chi connectivity index (χ3v) is 1.29. The lowest BCUT2D eigenvalue weighted by atomic mass is 10.6. The van der Waals surface area contributed by atoms with Crippen molar-refractivity contribution >= 4 is 11.2 Å². The minimum atomic E-state index is -0.338. The molecule has 1 N–H and O–H groups in total. The highest BCUT2D eigenvalue weighted by Crippen LogP contribution is 1.93. The number of imidazole rings is 1. The Labute approximate surface area is 61.2 Å². The number of aromatic nitrogens is 4. The van der Waals surface area contributed by atoms with E-state index < -0.39 is 0 Å². The molecule has 0 spiro atoms. The number of rotatable bonds is 0. The van der Waals surface area contributed by atoms with Gasteiger partial charge in [0.1, 0.15) is 0 Å². The van der Waals surface area contributed by atoms with Gasteiger partial charge in [-0.3, -0.25) is 4.79 Å². The Morgan fingerprint density at radius 2 is 2.00 bits per heavy atom. The van der Waals surface area contributed by atoms with Gasteiger partial charge in [-0.15, -0.1) is 0 Å². The van der Waals surface area contributed by atoms with E-state index in [0.29, 0.717) is 11.2 Å². The molecule has 0 fully saturated rings. The lowest BCUT2D eigenvalue weighted by molar-refractivity contribution is 1.24. The average Bonchev–Trinajstić information content (AvgIpc) is 2.40. The first kappa shape index (κ1) is 5.96. The van der Waals surface area contributed by atoms with Crippen LogP contribution < -0.4 is 5.56 Å². The first-order chi connectivity index (χ1) is 5.38. The SMILES string of the molecule is O=c1nccnc2nc[nH]c12. The maximum atomic E-state index is 11.0. The highest BCUT2D eigenvalue weighted by molar-refractivity contribution is 5.67. The minimum Gasteiger partial charge on any atom is -0.339 e. The lowest BCUT2D eigenvalue weighted by Gasteiger charge is -1.70. The number of H-pyrrole nitrogens is 1. The van der Waals surface area contributed by atoms with E-state index in [2.05, 4.69) is 19.9 Å². The molecule has 54 valence electrons. The van der Waals surface area contributed by atoms with Crippen molar-refractivity contribution in [2.24, 2.45) is 0 Å². The van der Waals surface area contributed by atoms with Gasteiger partial charge in [0.05, 0.1) is 6.33 Å². The Balaban J connectivity index is 3.09. The number of nitrogens with zero attached hydrogens (tertiary/aromatic N) is 3. The largest absolute Gasteiger partial charge is 0.339 e. The summed E-state index contributed by atoms with van der Waals surface area (Å²) in [5.74, 6) is 0. The van der Waals surface area contributed by atoms with E-state index >= 15 is 0 Å². The van der Waals surface area contributed by atoms with Crippen molar-refractivity contribution in [3.8, 4) is 0 Å². The molecule has 0 saturated heterocycles. The van der Waals surface area contributed by atoms with Crippen molar-refractivity contribution in [1.82, 2.24) is 19.9 Å². The molecule has 0 aromatic carbocycles. The second-order valence-corrected chi connectivity index (χ2v) is 1.96. The molecule has 2 heterocycles. The second kappa shape index (κ2) is 2.12. The smallest absolute Gasteiger partial charge is 0.297 e. The van der Waals surface area contributed by atoms with Crippen LogP contribution >= 0.6 is 0 Å². The number of hydrogen-bond donors (Lipinski definition) is 1. The van der Waals surface area contributed by atoms with Gasteiger partial charge >= 0.3 is 0 Å². The fraction of sp³-hybridized carbons (Fsp3) is 0. The number of fused-ring (bicyclic) bond motifs is 1. The summed E-state index contributed by atoms with van der Waals surface area (Å²) >= 11 is 0. The molecular formula is C6H4N4O. The van der Waals surface area contributed by atoms with Crippen LogP contribution in [0.15, 0.2) is 23.5 Å². The first-order valence-corrected chi connectivity index (χ1v) is 3.02. The van der Waals surface area contributed by atoms with Crippen LogP contribution in [0, 0.1) is 0 Å². The Morgan fingerprint density at radius 1 is 1.18 bits per heavy atom. The molecule has 5 nitrogen and oxygen atoms in total. The average molecular weight is 148 g/mol. The van der Waals surface area contributed by atoms with Gasteiger partial charge in [-0.25, -0.2) is 15.0 Å². The fourth-order valence-electron chi connectivity index (χ4n) is 0.812. The Kier molecular flexibility index (Phi) is 1.15. The molecule has 0 radical (unpaired) electrons. The summed E-state index contributed by atoms with van der Waals surface area (Å²) in [6, 6.07) is 0. The van der Waals surface area contributed by atoms with E-state index in [4.69, 9.17) is 0 Å². The van der Waals surface area contributed by atoms with Gasteiger partial charge in [0, 0.05) is 12.4 Å². The summed E-state index contributed by atoms with van der Waals surface area (Å²) in [7, 11) is 0. The number of nitrogens with one attached hydrogen (secondary N) is 1. The number of hydrogen-bond acceptors (Lipinski definition) is 4. The van der Waals surface area contributed by atoms with Crippen molar-refractivity contribution < 1.29 is 0 Å². The van der Waals surface area contributed by atoms with Gasteiger partial charge in [-0.2, -0.15) is 0 Å². The van der Waals surface area contributed by atoms with Crippen LogP contribution in [0.2, 0.25) is 0 Å². The summed E-state index contributed by atoms with van der Waals surface area (Å²) < 4.78 is 0. The molecule has 2 aromatic heterocycles. The van der Waals surface area contributed by atoms with Gasteiger partial charge in [0.25, 0.3) is 5.56 Å². The molecule has 0 atom stereocenters. The summed E-state index contributed by atoms with van der Waals surface area (Å²) in [5, 5.41) is 0. The van der Waals surface area contributed by atoms with E-state index in [1.54, 1.807) is 0 Å². The Bertz CT molecular complexity index is 436. The number of aromatic amines is 1. The molecule has 0 aliphatic carbocycles. The molecule has 5 heteroatoms. The monoisotopic (exact) mass is 148 g/mol. The van der Waals surface area contributed by atoms with Crippen LogP contribution in [0.25, 0.3) is 11.2 Å². The zero-order chi connectivity index (χ0) is 7.68. The first-order valence-electron chi connectivity index (χ1n) is 3.02. The minimum absolute atomic E-state index is 0.338. The van der Waals surface area contributed by atoms with Crippen molar-refractivity contribution in [3.05, 3.63) is 29.1 Å². The Morgan fingerprint density at radius 3 is 2.91 bits per heavy atom. The van der Waals surface area contributed by atoms with E-state index in [1.807, 2.05) is 0 Å². The molecule has 0 aliphatic heterocycles. The molecule has 0 unspecified atom stereocenters. The van der Waals surface area contributed by atoms with E-state index in [-0.39, 0.29) is 5.56 Å². The maximum absolute atomic E-state index is 11.0. The van der Waals surface area contributed by atoms with E-state index in [9.17, 15) is 4.79 Å². The van der Waals surface area contributed by atoms with Crippen molar-refractivity contribution in [3.63, 3.8) is 0 Å². The van der Waals surface area contributed by atoms with Crippen molar-refractivity contribution in [1.29, 1.82) is 0 Å². The maximum Gasteiger partial charge on any atom is 0.297 e. The normalized spacial score (nSPS) is 10.2. The van der Waals surface area contributed by atoms with Gasteiger partial charge in [0.2, 0.25) is 0 Å². The highest BCUT2D eigenvalue weighted by Gasteiger charge is 1.97. The van der Waals surface area contributed by atoms with Crippen molar-refractivity contribution in [2.45, 2.75) is 0 Å². The zero-order valence-corrected chi connectivity index (χ0v) is 5.48. The molecule has 11 heavy (non-hydrogen) atoms. The third kappa shape index (κ3) is 0.861. The molecule has 0 aliphatic rings. The summed E-state index contributed by atoms with van der Waals surface area (Å²) in [6.45, 7) is 0. The lowest BCUT2D eigenvalue weighted by Crippen LogP contribution is -2.00. The summed E-state index contributed by atoms with van der Waals surface area (Å²) in [5.41, 5.74) is 0.400. The molecule has 0 saturated carbocycles. The van der Waals surface area contributed by atoms with Crippen LogP contribution in [0.3, 0.4) is 0 Å². The van der Waals surface area contributed by atoms with Crippen molar-refractivity contribution in [2.75, 3.05) is 0 Å². The molecule has 2 rings (SSSR count). The predicted octanol–water partition coefficient (Wildman–Crippen LogP) is -0.287. The van der Waals surface area contributed by atoms with E-state index in [0.717, 1.165) is 0 Å². The summed E-state index contributed by atoms with van der Waals surface area (Å²) in [4.78, 5) is 24.9. The van der Waals surface area contributed by atoms with Crippen LogP contribution in [0.4, 0.5) is 0 Å². The molecule has 0 bridgehead atoms. The third-order valence-electron chi connectivity index (χ3n) is 1.29. The van der Waals surface area contributed by atoms with Gasteiger partial charge in [0.15, 0.2) is 11.2 Å². The zero-order valence-electron chi connectivity index (χ0n) is 5.48. The second-order valence-electron chi connectivity index (χ2n) is 1.96. The quantitative estimate of drug-likeness (QED) is 0.557. The van der Waals surface area contributed by atoms with Crippen LogP contribution in [0.5, 0.6) is 0 Å². The van der Waals surface area contributed by atoms with Gasteiger partial charge in [-0.1, -0.05) is 0 Å². The predicted molar refractivity (Wildman–Crippen MR) is 38.0 cm³/mol. The van der Waals surface area contributed by atoms with Gasteiger partial charge in [-0.05, 0) is 0 Å².